The van der Waals surface area contributed by atoms with Crippen LogP contribution in [0.2, 0.25) is 0 Å². The molecule has 1 unspecified atom stereocenters. The van der Waals surface area contributed by atoms with E-state index in [1.807, 2.05) is 0 Å². The molecule has 2 aliphatic carbocycles. The summed E-state index contributed by atoms with van der Waals surface area (Å²) in [6.45, 7) is 4.61. The average Bonchev–Trinajstić information content (AvgIpc) is 2.64. The minimum atomic E-state index is 0.473. The van der Waals surface area contributed by atoms with Gasteiger partial charge >= 0.3 is 0 Å². The van der Waals surface area contributed by atoms with E-state index in [-0.39, 0.29) is 0 Å². The molecule has 80 valence electrons. The summed E-state index contributed by atoms with van der Waals surface area (Å²) in [6.07, 6.45) is 4.93. The first-order valence-electron chi connectivity index (χ1n) is 5.90. The minimum absolute atomic E-state index is 0.473. The second-order valence-corrected chi connectivity index (χ2v) is 5.55. The third kappa shape index (κ3) is 1.62. The highest BCUT2D eigenvalue weighted by Crippen LogP contribution is 2.46. The van der Waals surface area contributed by atoms with Crippen molar-refractivity contribution in [1.82, 2.24) is 4.98 Å². The second kappa shape index (κ2) is 2.97. The summed E-state index contributed by atoms with van der Waals surface area (Å²) in [5.74, 6) is 1.08. The summed E-state index contributed by atoms with van der Waals surface area (Å²) in [7, 11) is 0. The van der Waals surface area contributed by atoms with Gasteiger partial charge in [-0.15, -0.1) is 0 Å². The number of fused-ring (bicyclic) bond motifs is 1. The van der Waals surface area contributed by atoms with E-state index >= 15 is 0 Å². The van der Waals surface area contributed by atoms with Gasteiger partial charge in [-0.05, 0) is 42.7 Å². The Morgan fingerprint density at radius 2 is 2.13 bits per heavy atom. The average molecular weight is 202 g/mol. The molecular formula is C13H18N2. The van der Waals surface area contributed by atoms with Crippen molar-refractivity contribution < 1.29 is 0 Å². The van der Waals surface area contributed by atoms with Crippen LogP contribution in [0.25, 0.3) is 0 Å². The van der Waals surface area contributed by atoms with Crippen LogP contribution in [-0.4, -0.2) is 11.0 Å². The lowest BCUT2D eigenvalue weighted by atomic mass is 10.2. The molecule has 0 spiro atoms. The van der Waals surface area contributed by atoms with Gasteiger partial charge in [0.1, 0.15) is 5.82 Å². The summed E-state index contributed by atoms with van der Waals surface area (Å²) in [5, 5.41) is 3.52. The Kier molecular flexibility index (Phi) is 1.82. The van der Waals surface area contributed by atoms with Crippen molar-refractivity contribution in [3.05, 3.63) is 23.4 Å². The van der Waals surface area contributed by atoms with Gasteiger partial charge < -0.3 is 5.32 Å². The van der Waals surface area contributed by atoms with Crippen molar-refractivity contribution in [2.24, 2.45) is 5.41 Å². The van der Waals surface area contributed by atoms with Gasteiger partial charge in [0.25, 0.3) is 0 Å². The number of aromatic nitrogens is 1. The summed E-state index contributed by atoms with van der Waals surface area (Å²) < 4.78 is 0. The second-order valence-electron chi connectivity index (χ2n) is 5.55. The third-order valence-electron chi connectivity index (χ3n) is 3.76. The number of hydrogen-bond acceptors (Lipinski definition) is 2. The highest BCUT2D eigenvalue weighted by atomic mass is 15.1. The lowest BCUT2D eigenvalue weighted by molar-refractivity contribution is 0.630. The van der Waals surface area contributed by atoms with Crippen LogP contribution >= 0.6 is 0 Å². The molecule has 1 N–H and O–H groups in total. The quantitative estimate of drug-likeness (QED) is 0.797. The Hall–Kier alpha value is -1.05. The lowest BCUT2D eigenvalue weighted by Crippen LogP contribution is -2.10. The molecule has 1 aromatic rings. The first-order valence-corrected chi connectivity index (χ1v) is 5.90. The van der Waals surface area contributed by atoms with E-state index in [1.54, 1.807) is 0 Å². The third-order valence-corrected chi connectivity index (χ3v) is 3.76. The minimum Gasteiger partial charge on any atom is -0.367 e. The smallest absolute Gasteiger partial charge is 0.126 e. The largest absolute Gasteiger partial charge is 0.367 e. The molecule has 1 aromatic heterocycles. The van der Waals surface area contributed by atoms with E-state index in [1.165, 1.54) is 36.9 Å². The molecule has 0 radical (unpaired) electrons. The molecule has 0 aromatic carbocycles. The van der Waals surface area contributed by atoms with Crippen LogP contribution in [0.1, 0.15) is 37.9 Å². The van der Waals surface area contributed by atoms with Crippen LogP contribution in [0.4, 0.5) is 5.82 Å². The molecule has 2 aliphatic rings. The Morgan fingerprint density at radius 1 is 1.33 bits per heavy atom. The molecule has 0 amide bonds. The van der Waals surface area contributed by atoms with Crippen LogP contribution in [-0.2, 0) is 12.8 Å². The highest BCUT2D eigenvalue weighted by molar-refractivity contribution is 5.43. The zero-order chi connectivity index (χ0) is 10.5. The number of aryl methyl sites for hydroxylation is 2. The Bertz CT molecular complexity index is 396. The summed E-state index contributed by atoms with van der Waals surface area (Å²) in [4.78, 5) is 4.69. The fourth-order valence-corrected chi connectivity index (χ4v) is 2.39. The highest BCUT2D eigenvalue weighted by Gasteiger charge is 2.45. The van der Waals surface area contributed by atoms with E-state index in [9.17, 15) is 0 Å². The van der Waals surface area contributed by atoms with E-state index in [0.717, 1.165) is 5.82 Å². The topological polar surface area (TPSA) is 24.9 Å². The molecule has 1 saturated carbocycles. The Morgan fingerprint density at radius 3 is 2.87 bits per heavy atom. The van der Waals surface area contributed by atoms with Crippen molar-refractivity contribution in [3.8, 4) is 0 Å². The Labute approximate surface area is 91.1 Å². The van der Waals surface area contributed by atoms with Crippen molar-refractivity contribution in [2.45, 2.75) is 45.6 Å². The molecule has 1 fully saturated rings. The molecule has 0 aliphatic heterocycles. The zero-order valence-electron chi connectivity index (χ0n) is 9.51. The van der Waals surface area contributed by atoms with E-state index in [0.29, 0.717) is 11.5 Å². The molecule has 1 atom stereocenters. The van der Waals surface area contributed by atoms with Crippen LogP contribution in [0.3, 0.4) is 0 Å². The number of pyridine rings is 1. The number of nitrogens with one attached hydrogen (secondary N) is 1. The predicted molar refractivity (Wildman–Crippen MR) is 62.1 cm³/mol. The molecule has 0 bridgehead atoms. The van der Waals surface area contributed by atoms with E-state index in [2.05, 4.69) is 36.3 Å². The normalized spacial score (nSPS) is 26.1. The molecular weight excluding hydrogens is 184 g/mol. The van der Waals surface area contributed by atoms with Gasteiger partial charge in [0.05, 0.1) is 0 Å². The van der Waals surface area contributed by atoms with Crippen LogP contribution in [0.5, 0.6) is 0 Å². The Balaban J connectivity index is 1.77. The molecule has 2 heteroatoms. The molecule has 0 saturated heterocycles. The fourth-order valence-electron chi connectivity index (χ4n) is 2.39. The van der Waals surface area contributed by atoms with Gasteiger partial charge in [-0.25, -0.2) is 4.98 Å². The van der Waals surface area contributed by atoms with Crippen molar-refractivity contribution >= 4 is 5.82 Å². The first-order chi connectivity index (χ1) is 7.15. The van der Waals surface area contributed by atoms with Crippen molar-refractivity contribution in [2.75, 3.05) is 5.32 Å². The fraction of sp³-hybridized carbons (Fsp3) is 0.615. The SMILES string of the molecule is CC1(C)CC1Nc1ccc2c(n1)CCC2. The first kappa shape index (κ1) is 9.20. The molecule has 1 heterocycles. The van der Waals surface area contributed by atoms with Gasteiger partial charge in [0.15, 0.2) is 0 Å². The zero-order valence-corrected chi connectivity index (χ0v) is 9.51. The van der Waals surface area contributed by atoms with Crippen molar-refractivity contribution in [3.63, 3.8) is 0 Å². The summed E-state index contributed by atoms with van der Waals surface area (Å²) in [5.41, 5.74) is 3.25. The van der Waals surface area contributed by atoms with Gasteiger partial charge in [0.2, 0.25) is 0 Å². The van der Waals surface area contributed by atoms with Gasteiger partial charge in [-0.3, -0.25) is 0 Å². The monoisotopic (exact) mass is 202 g/mol. The standard InChI is InChI=1S/C13H18N2/c1-13(2)8-11(13)15-12-7-6-9-4-3-5-10(9)14-12/h6-7,11H,3-5,8H2,1-2H3,(H,14,15). The van der Waals surface area contributed by atoms with Crippen LogP contribution < -0.4 is 5.32 Å². The van der Waals surface area contributed by atoms with Crippen LogP contribution in [0, 0.1) is 5.41 Å². The number of hydrogen-bond donors (Lipinski definition) is 1. The van der Waals surface area contributed by atoms with Crippen LogP contribution in [0.15, 0.2) is 12.1 Å². The number of rotatable bonds is 2. The van der Waals surface area contributed by atoms with Gasteiger partial charge in [-0.1, -0.05) is 19.9 Å². The summed E-state index contributed by atoms with van der Waals surface area (Å²) >= 11 is 0. The number of anilines is 1. The maximum Gasteiger partial charge on any atom is 0.126 e. The van der Waals surface area contributed by atoms with E-state index < -0.39 is 0 Å². The molecule has 2 nitrogen and oxygen atoms in total. The summed E-state index contributed by atoms with van der Waals surface area (Å²) in [6, 6.07) is 5.01. The lowest BCUT2D eigenvalue weighted by Gasteiger charge is -2.08. The number of nitrogens with zero attached hydrogens (tertiary/aromatic N) is 1. The maximum atomic E-state index is 4.69. The molecule has 3 rings (SSSR count). The van der Waals surface area contributed by atoms with E-state index in [4.69, 9.17) is 0 Å². The van der Waals surface area contributed by atoms with Gasteiger partial charge in [-0.2, -0.15) is 0 Å². The molecule has 15 heavy (non-hydrogen) atoms. The maximum absolute atomic E-state index is 4.69. The van der Waals surface area contributed by atoms with Crippen molar-refractivity contribution in [1.29, 1.82) is 0 Å². The predicted octanol–water partition coefficient (Wildman–Crippen LogP) is 2.78. The van der Waals surface area contributed by atoms with Gasteiger partial charge in [0, 0.05) is 11.7 Å².